The summed E-state index contributed by atoms with van der Waals surface area (Å²) in [6.45, 7) is 14.6. The Morgan fingerprint density at radius 1 is 0.595 bits per heavy atom. The van der Waals surface area contributed by atoms with Gasteiger partial charge in [0.05, 0.1) is 30.9 Å². The number of ether oxygens (including phenoxy) is 3. The first-order valence-electron chi connectivity index (χ1n) is 13.9. The zero-order valence-electron chi connectivity index (χ0n) is 26.1. The van der Waals surface area contributed by atoms with Gasteiger partial charge in [-0.1, -0.05) is 57.0 Å². The van der Waals surface area contributed by atoms with Gasteiger partial charge in [-0.05, 0) is 74.6 Å². The van der Waals surface area contributed by atoms with E-state index in [0.29, 0.717) is 42.1 Å². The van der Waals surface area contributed by atoms with Crippen molar-refractivity contribution in [3.63, 3.8) is 0 Å². The van der Waals surface area contributed by atoms with Crippen LogP contribution in [0.2, 0.25) is 0 Å². The monoisotopic (exact) mass is 651 g/mol. The van der Waals surface area contributed by atoms with Crippen LogP contribution in [0.25, 0.3) is 0 Å². The summed E-state index contributed by atoms with van der Waals surface area (Å²) < 4.78 is 14.6. The molecule has 3 rings (SSSR count). The molecule has 0 aromatic heterocycles. The van der Waals surface area contributed by atoms with Crippen LogP contribution in [0.1, 0.15) is 95.2 Å². The molecule has 1 radical (unpaired) electrons. The Hall–Kier alpha value is -2.96. The van der Waals surface area contributed by atoms with Gasteiger partial charge in [-0.15, -0.1) is 12.1 Å². The van der Waals surface area contributed by atoms with Crippen LogP contribution in [0, 0.1) is 14.4 Å². The fourth-order valence-electron chi connectivity index (χ4n) is 3.60. The molecule has 0 aliphatic carbocycles. The molecule has 0 saturated carbocycles. The van der Waals surface area contributed by atoms with Gasteiger partial charge in [-0.2, -0.15) is 18.6 Å². The van der Waals surface area contributed by atoms with E-state index in [1.54, 1.807) is 31.2 Å². The largest absolute Gasteiger partial charge is 0.472 e. The van der Waals surface area contributed by atoms with Crippen molar-refractivity contribution in [1.29, 1.82) is 0 Å². The number of benzene rings is 3. The van der Waals surface area contributed by atoms with Gasteiger partial charge in [-0.3, -0.25) is 4.79 Å². The predicted octanol–water partition coefficient (Wildman–Crippen LogP) is 8.12. The SMILES string of the molecule is CCCc1ccc(C(=O)OCC)cc1.CCCc1cccc(C(=O)OCC)c1.[CH2-]c1ccccc1C(=O)OCC.[CH3-].[Y]. The Morgan fingerprint density at radius 2 is 1.10 bits per heavy atom. The van der Waals surface area contributed by atoms with Gasteiger partial charge in [-0.25, -0.2) is 9.59 Å². The first kappa shape index (κ1) is 41.2. The quantitative estimate of drug-likeness (QED) is 0.125. The molecule has 0 N–H and O–H groups in total. The Kier molecular flexibility index (Phi) is 24.1. The molecular weight excluding hydrogens is 605 g/mol. The van der Waals surface area contributed by atoms with Crippen molar-refractivity contribution in [3.05, 3.63) is 121 Å². The molecule has 0 saturated heterocycles. The molecule has 7 heteroatoms. The molecule has 0 bridgehead atoms. The molecule has 3 aromatic rings. The van der Waals surface area contributed by atoms with Crippen LogP contribution < -0.4 is 0 Å². The number of hydrogen-bond acceptors (Lipinski definition) is 6. The minimum atomic E-state index is -0.303. The summed E-state index contributed by atoms with van der Waals surface area (Å²) in [7, 11) is 0. The van der Waals surface area contributed by atoms with Gasteiger partial charge >= 0.3 is 11.9 Å². The molecule has 0 amide bonds. The van der Waals surface area contributed by atoms with Crippen molar-refractivity contribution in [1.82, 2.24) is 0 Å². The normalized spacial score (nSPS) is 9.26. The summed E-state index contributed by atoms with van der Waals surface area (Å²) in [5.74, 6) is -0.774. The summed E-state index contributed by atoms with van der Waals surface area (Å²) in [5.41, 5.74) is 4.98. The van der Waals surface area contributed by atoms with Gasteiger partial charge in [0.25, 0.3) is 5.97 Å². The van der Waals surface area contributed by atoms with E-state index in [-0.39, 0.29) is 58.0 Å². The third-order valence-electron chi connectivity index (χ3n) is 5.49. The summed E-state index contributed by atoms with van der Waals surface area (Å²) in [6.07, 6.45) is 4.28. The van der Waals surface area contributed by atoms with Crippen LogP contribution in [-0.2, 0) is 59.8 Å². The Labute approximate surface area is 278 Å². The van der Waals surface area contributed by atoms with Gasteiger partial charge in [0.2, 0.25) is 0 Å². The minimum absolute atomic E-state index is 0. The summed E-state index contributed by atoms with van der Waals surface area (Å²) in [5, 5.41) is 0. The van der Waals surface area contributed by atoms with E-state index in [2.05, 4.69) is 20.8 Å². The van der Waals surface area contributed by atoms with E-state index < -0.39 is 0 Å². The van der Waals surface area contributed by atoms with E-state index in [0.717, 1.165) is 25.7 Å². The topological polar surface area (TPSA) is 78.9 Å². The van der Waals surface area contributed by atoms with Gasteiger partial charge in [0.1, 0.15) is 0 Å². The van der Waals surface area contributed by atoms with E-state index in [9.17, 15) is 14.4 Å². The fourth-order valence-corrected chi connectivity index (χ4v) is 3.60. The summed E-state index contributed by atoms with van der Waals surface area (Å²) >= 11 is 0. The maximum Gasteiger partial charge on any atom is 0.338 e. The van der Waals surface area contributed by atoms with Crippen LogP contribution in [-0.4, -0.2) is 37.7 Å². The van der Waals surface area contributed by atoms with Crippen LogP contribution in [0.4, 0.5) is 0 Å². The molecule has 6 nitrogen and oxygen atoms in total. The number of esters is 3. The second kappa shape index (κ2) is 24.6. The maximum absolute atomic E-state index is 11.4. The molecule has 0 fully saturated rings. The van der Waals surface area contributed by atoms with Crippen molar-refractivity contribution in [2.24, 2.45) is 0 Å². The molecule has 42 heavy (non-hydrogen) atoms. The summed E-state index contributed by atoms with van der Waals surface area (Å²) in [6, 6.07) is 22.4. The smallest absolute Gasteiger partial charge is 0.338 e. The van der Waals surface area contributed by atoms with Crippen LogP contribution in [0.3, 0.4) is 0 Å². The van der Waals surface area contributed by atoms with Gasteiger partial charge in [0.15, 0.2) is 0 Å². The van der Waals surface area contributed by atoms with E-state index >= 15 is 0 Å². The molecule has 0 aliphatic rings. The Morgan fingerprint density at radius 3 is 1.62 bits per heavy atom. The number of hydrogen-bond donors (Lipinski definition) is 0. The van der Waals surface area contributed by atoms with Crippen LogP contribution >= 0.6 is 0 Å². The van der Waals surface area contributed by atoms with Crippen LogP contribution in [0.5, 0.6) is 0 Å². The standard InChI is InChI=1S/2C12H16O2.C10H11O2.CH3.Y/c1-3-6-10-7-5-8-11(9-10)12(13)14-4-2;1-3-5-10-6-8-11(9-7-10)12(13)14-4-2;1-3-12-10(11)9-7-5-4-6-8(9)2;;/h5,7-9H,3-4,6H2,1-2H3;6-9H,3-5H2,1-2H3;4-7H,2-3H2,1H3;1H3;/q;;2*-1;. The van der Waals surface area contributed by atoms with Crippen LogP contribution in [0.15, 0.2) is 72.8 Å². The number of rotatable bonds is 10. The zero-order valence-corrected chi connectivity index (χ0v) is 29.0. The fraction of sp³-hybridized carbons (Fsp3) is 0.343. The second-order valence-electron chi connectivity index (χ2n) is 8.72. The number of carbonyl (C=O) groups is 3. The molecule has 0 aliphatic heterocycles. The molecule has 0 unspecified atom stereocenters. The first-order valence-corrected chi connectivity index (χ1v) is 13.9. The summed E-state index contributed by atoms with van der Waals surface area (Å²) in [4.78, 5) is 33.9. The van der Waals surface area contributed by atoms with Crippen molar-refractivity contribution in [2.45, 2.75) is 60.3 Å². The van der Waals surface area contributed by atoms with Gasteiger partial charge < -0.3 is 21.6 Å². The molecular formula is C35H46O6Y-2. The molecule has 0 spiro atoms. The molecule has 227 valence electrons. The van der Waals surface area contributed by atoms with E-state index in [1.165, 1.54) is 11.1 Å². The third kappa shape index (κ3) is 15.9. The average Bonchev–Trinajstić information content (AvgIpc) is 2.95. The third-order valence-corrected chi connectivity index (χ3v) is 5.49. The van der Waals surface area contributed by atoms with Crippen molar-refractivity contribution in [3.8, 4) is 0 Å². The van der Waals surface area contributed by atoms with Crippen molar-refractivity contribution < 1.29 is 61.3 Å². The first-order chi connectivity index (χ1) is 19.3. The van der Waals surface area contributed by atoms with Crippen molar-refractivity contribution in [2.75, 3.05) is 19.8 Å². The van der Waals surface area contributed by atoms with Gasteiger partial charge in [0, 0.05) is 32.7 Å². The zero-order chi connectivity index (χ0) is 29.8. The number of carbonyl (C=O) groups excluding carboxylic acids is 3. The molecule has 0 heterocycles. The number of aryl methyl sites for hydroxylation is 2. The second-order valence-corrected chi connectivity index (χ2v) is 8.72. The average molecular weight is 652 g/mol. The maximum atomic E-state index is 11.4. The molecule has 0 atom stereocenters. The Bertz CT molecular complexity index is 1170. The minimum Gasteiger partial charge on any atom is -0.472 e. The van der Waals surface area contributed by atoms with E-state index in [4.69, 9.17) is 14.2 Å². The predicted molar refractivity (Wildman–Crippen MR) is 166 cm³/mol. The molecule has 3 aromatic carbocycles. The van der Waals surface area contributed by atoms with Crippen molar-refractivity contribution >= 4 is 17.9 Å². The Balaban J connectivity index is 0. The van der Waals surface area contributed by atoms with E-state index in [1.807, 2.05) is 62.4 Å².